The Balaban J connectivity index is 0. The molecule has 4 nitrogen and oxygen atoms in total. The molecule has 0 fully saturated rings. The first-order valence-corrected chi connectivity index (χ1v) is 6.07. The standard InChI is InChI=1S/C12H26N2O2.ClH/c1-4-6-10(13)11(16)14-8-5-7-12(2,3)9-15;/h10,15H,4-9,13H2,1-3H3,(H,14,16);1H. The number of nitrogens with one attached hydrogen (secondary N) is 1. The lowest BCUT2D eigenvalue weighted by Gasteiger charge is -2.21. The van der Waals surface area contributed by atoms with Gasteiger partial charge in [-0.25, -0.2) is 0 Å². The Labute approximate surface area is 111 Å². The van der Waals surface area contributed by atoms with Crippen molar-refractivity contribution in [3.8, 4) is 0 Å². The van der Waals surface area contributed by atoms with Crippen LogP contribution in [-0.4, -0.2) is 30.2 Å². The van der Waals surface area contributed by atoms with Crippen LogP contribution in [0, 0.1) is 5.41 Å². The average molecular weight is 267 g/mol. The Hall–Kier alpha value is -0.320. The van der Waals surface area contributed by atoms with E-state index in [0.717, 1.165) is 25.7 Å². The smallest absolute Gasteiger partial charge is 0.236 e. The number of nitrogens with two attached hydrogens (primary N) is 1. The highest BCUT2D eigenvalue weighted by Crippen LogP contribution is 2.20. The van der Waals surface area contributed by atoms with Crippen molar-refractivity contribution in [2.24, 2.45) is 11.1 Å². The third-order valence-corrected chi connectivity index (χ3v) is 2.69. The van der Waals surface area contributed by atoms with Gasteiger partial charge in [-0.3, -0.25) is 4.79 Å². The second kappa shape index (κ2) is 9.68. The average Bonchev–Trinajstić information content (AvgIpc) is 2.24. The minimum atomic E-state index is -0.379. The summed E-state index contributed by atoms with van der Waals surface area (Å²) < 4.78 is 0. The predicted octanol–water partition coefficient (Wildman–Crippen LogP) is 1.45. The van der Waals surface area contributed by atoms with Gasteiger partial charge in [-0.05, 0) is 24.7 Å². The summed E-state index contributed by atoms with van der Waals surface area (Å²) in [6, 6.07) is -0.379. The number of aliphatic hydroxyl groups is 1. The van der Waals surface area contributed by atoms with Crippen molar-refractivity contribution < 1.29 is 9.90 Å². The van der Waals surface area contributed by atoms with E-state index in [1.165, 1.54) is 0 Å². The maximum atomic E-state index is 11.4. The van der Waals surface area contributed by atoms with E-state index in [1.807, 2.05) is 20.8 Å². The highest BCUT2D eigenvalue weighted by molar-refractivity contribution is 5.85. The van der Waals surface area contributed by atoms with Crippen LogP contribution in [0.3, 0.4) is 0 Å². The van der Waals surface area contributed by atoms with Crippen LogP contribution in [0.25, 0.3) is 0 Å². The van der Waals surface area contributed by atoms with Crippen LogP contribution >= 0.6 is 12.4 Å². The molecule has 0 aromatic rings. The van der Waals surface area contributed by atoms with E-state index in [4.69, 9.17) is 10.8 Å². The minimum absolute atomic E-state index is 0. The molecule has 0 radical (unpaired) electrons. The molecule has 0 saturated carbocycles. The summed E-state index contributed by atoms with van der Waals surface area (Å²) in [4.78, 5) is 11.4. The van der Waals surface area contributed by atoms with Crippen molar-refractivity contribution in [1.29, 1.82) is 0 Å². The molecule has 1 unspecified atom stereocenters. The number of amides is 1. The molecule has 0 heterocycles. The number of carbonyl (C=O) groups excluding carboxylic acids is 1. The molecular weight excluding hydrogens is 240 g/mol. The summed E-state index contributed by atoms with van der Waals surface area (Å²) in [6.45, 7) is 6.85. The molecule has 0 aliphatic heterocycles. The summed E-state index contributed by atoms with van der Waals surface area (Å²) in [5.41, 5.74) is 5.61. The van der Waals surface area contributed by atoms with E-state index in [9.17, 15) is 4.79 Å². The lowest BCUT2D eigenvalue weighted by molar-refractivity contribution is -0.122. The van der Waals surface area contributed by atoms with Crippen LogP contribution < -0.4 is 11.1 Å². The molecule has 5 heteroatoms. The Morgan fingerprint density at radius 2 is 2.06 bits per heavy atom. The lowest BCUT2D eigenvalue weighted by atomic mass is 9.89. The van der Waals surface area contributed by atoms with E-state index < -0.39 is 0 Å². The highest BCUT2D eigenvalue weighted by Gasteiger charge is 2.16. The Kier molecular flexibility index (Phi) is 10.8. The molecule has 1 amide bonds. The second-order valence-electron chi connectivity index (χ2n) is 5.11. The Morgan fingerprint density at radius 1 is 1.47 bits per heavy atom. The molecule has 0 spiro atoms. The van der Waals surface area contributed by atoms with Gasteiger partial charge in [0.2, 0.25) is 5.91 Å². The van der Waals surface area contributed by atoms with Gasteiger partial charge in [-0.1, -0.05) is 27.2 Å². The van der Waals surface area contributed by atoms with Crippen molar-refractivity contribution in [1.82, 2.24) is 5.32 Å². The largest absolute Gasteiger partial charge is 0.396 e. The summed E-state index contributed by atoms with van der Waals surface area (Å²) in [5, 5.41) is 11.9. The monoisotopic (exact) mass is 266 g/mol. The maximum Gasteiger partial charge on any atom is 0.236 e. The minimum Gasteiger partial charge on any atom is -0.396 e. The third-order valence-electron chi connectivity index (χ3n) is 2.69. The zero-order chi connectivity index (χ0) is 12.6. The maximum absolute atomic E-state index is 11.4. The van der Waals surface area contributed by atoms with Gasteiger partial charge in [0.15, 0.2) is 0 Å². The fourth-order valence-electron chi connectivity index (χ4n) is 1.43. The fraction of sp³-hybridized carbons (Fsp3) is 0.917. The molecule has 104 valence electrons. The molecule has 0 bridgehead atoms. The van der Waals surface area contributed by atoms with Gasteiger partial charge in [-0.15, -0.1) is 12.4 Å². The van der Waals surface area contributed by atoms with Gasteiger partial charge >= 0.3 is 0 Å². The van der Waals surface area contributed by atoms with Crippen LogP contribution in [-0.2, 0) is 4.79 Å². The molecule has 17 heavy (non-hydrogen) atoms. The summed E-state index contributed by atoms with van der Waals surface area (Å²) >= 11 is 0. The van der Waals surface area contributed by atoms with E-state index in [-0.39, 0.29) is 36.4 Å². The molecule has 0 aromatic carbocycles. The van der Waals surface area contributed by atoms with Crippen LogP contribution in [0.5, 0.6) is 0 Å². The molecular formula is C12H27ClN2O2. The van der Waals surface area contributed by atoms with E-state index in [1.54, 1.807) is 0 Å². The van der Waals surface area contributed by atoms with Crippen molar-refractivity contribution >= 4 is 18.3 Å². The molecule has 0 saturated heterocycles. The van der Waals surface area contributed by atoms with E-state index >= 15 is 0 Å². The first-order valence-electron chi connectivity index (χ1n) is 6.07. The van der Waals surface area contributed by atoms with E-state index in [2.05, 4.69) is 5.32 Å². The van der Waals surface area contributed by atoms with Crippen LogP contribution in [0.1, 0.15) is 46.5 Å². The van der Waals surface area contributed by atoms with Crippen molar-refractivity contribution in [2.75, 3.05) is 13.2 Å². The van der Waals surface area contributed by atoms with Crippen LogP contribution in [0.4, 0.5) is 0 Å². The number of carbonyl (C=O) groups is 1. The quantitative estimate of drug-likeness (QED) is 0.582. The molecule has 0 aromatic heterocycles. The van der Waals surface area contributed by atoms with Crippen molar-refractivity contribution in [3.05, 3.63) is 0 Å². The van der Waals surface area contributed by atoms with Gasteiger partial charge in [0.05, 0.1) is 6.04 Å². The number of rotatable bonds is 8. The Bertz CT molecular complexity index is 211. The molecule has 0 aliphatic carbocycles. The van der Waals surface area contributed by atoms with Gasteiger partial charge < -0.3 is 16.2 Å². The van der Waals surface area contributed by atoms with Gasteiger partial charge in [0.1, 0.15) is 0 Å². The van der Waals surface area contributed by atoms with Crippen molar-refractivity contribution in [2.45, 2.75) is 52.5 Å². The molecule has 0 aliphatic rings. The summed E-state index contributed by atoms with van der Waals surface area (Å²) in [7, 11) is 0. The number of aliphatic hydroxyl groups excluding tert-OH is 1. The van der Waals surface area contributed by atoms with Gasteiger partial charge in [-0.2, -0.15) is 0 Å². The number of hydrogen-bond acceptors (Lipinski definition) is 3. The highest BCUT2D eigenvalue weighted by atomic mass is 35.5. The second-order valence-corrected chi connectivity index (χ2v) is 5.11. The van der Waals surface area contributed by atoms with Gasteiger partial charge in [0.25, 0.3) is 0 Å². The number of hydrogen-bond donors (Lipinski definition) is 3. The predicted molar refractivity (Wildman–Crippen MR) is 73.2 cm³/mol. The SMILES string of the molecule is CCCC(N)C(=O)NCCCC(C)(C)CO.Cl. The third kappa shape index (κ3) is 9.39. The Morgan fingerprint density at radius 3 is 2.53 bits per heavy atom. The number of halogens is 1. The zero-order valence-electron chi connectivity index (χ0n) is 11.2. The summed E-state index contributed by atoms with van der Waals surface area (Å²) in [6.07, 6.45) is 3.42. The topological polar surface area (TPSA) is 75.4 Å². The van der Waals surface area contributed by atoms with Crippen LogP contribution in [0.15, 0.2) is 0 Å². The first kappa shape index (κ1) is 19.0. The molecule has 0 rings (SSSR count). The molecule has 1 atom stereocenters. The first-order chi connectivity index (χ1) is 7.43. The lowest BCUT2D eigenvalue weighted by Crippen LogP contribution is -2.41. The zero-order valence-corrected chi connectivity index (χ0v) is 12.0. The van der Waals surface area contributed by atoms with Crippen molar-refractivity contribution in [3.63, 3.8) is 0 Å². The summed E-state index contributed by atoms with van der Waals surface area (Å²) in [5.74, 6) is -0.0661. The van der Waals surface area contributed by atoms with E-state index in [0.29, 0.717) is 6.54 Å². The molecule has 4 N–H and O–H groups in total. The van der Waals surface area contributed by atoms with Crippen LogP contribution in [0.2, 0.25) is 0 Å². The van der Waals surface area contributed by atoms with Gasteiger partial charge in [0, 0.05) is 13.2 Å². The normalized spacial score (nSPS) is 12.8. The fourth-order valence-corrected chi connectivity index (χ4v) is 1.43.